The fraction of sp³-hybridized carbons (Fsp3) is 0.381. The van der Waals surface area contributed by atoms with E-state index in [0.29, 0.717) is 31.0 Å². The molecule has 1 heterocycles. The van der Waals surface area contributed by atoms with Crippen LogP contribution in [0.15, 0.2) is 47.4 Å². The Balaban J connectivity index is 1.84. The van der Waals surface area contributed by atoms with Crippen LogP contribution in [0.3, 0.4) is 0 Å². The predicted octanol–water partition coefficient (Wildman–Crippen LogP) is 4.12. The minimum Gasteiger partial charge on any atom is -0.312 e. The lowest BCUT2D eigenvalue weighted by atomic mass is 9.99. The number of carbonyl (C=O) groups excluding carboxylic acids is 1. The topological polar surface area (TPSA) is 66.5 Å². The Labute approximate surface area is 161 Å². The molecule has 0 saturated carbocycles. The van der Waals surface area contributed by atoms with E-state index in [1.165, 1.54) is 0 Å². The summed E-state index contributed by atoms with van der Waals surface area (Å²) >= 11 is 0. The number of nitrogens with one attached hydrogen (secondary N) is 1. The lowest BCUT2D eigenvalue weighted by molar-refractivity contribution is -0.118. The molecule has 0 spiro atoms. The summed E-state index contributed by atoms with van der Waals surface area (Å²) in [6.07, 6.45) is 2.03. The molecule has 0 saturated heterocycles. The Morgan fingerprint density at radius 3 is 2.59 bits per heavy atom. The second kappa shape index (κ2) is 7.72. The quantitative estimate of drug-likeness (QED) is 0.812. The first-order valence-corrected chi connectivity index (χ1v) is 10.8. The number of anilines is 2. The van der Waals surface area contributed by atoms with Crippen LogP contribution >= 0.6 is 0 Å². The molecule has 0 unspecified atom stereocenters. The first-order chi connectivity index (χ1) is 12.8. The van der Waals surface area contributed by atoms with Crippen LogP contribution in [0.5, 0.6) is 0 Å². The second-order valence-electron chi connectivity index (χ2n) is 7.49. The van der Waals surface area contributed by atoms with Crippen molar-refractivity contribution in [2.24, 2.45) is 5.92 Å². The summed E-state index contributed by atoms with van der Waals surface area (Å²) in [5.74, 6) is 0.653. The van der Waals surface area contributed by atoms with Gasteiger partial charge in [-0.1, -0.05) is 26.0 Å². The van der Waals surface area contributed by atoms with Gasteiger partial charge in [-0.2, -0.15) is 0 Å². The molecule has 2 aromatic rings. The summed E-state index contributed by atoms with van der Waals surface area (Å²) in [6.45, 7) is 6.83. The van der Waals surface area contributed by atoms with Crippen molar-refractivity contribution in [2.75, 3.05) is 16.2 Å². The molecule has 3 rings (SSSR count). The molecular weight excluding hydrogens is 360 g/mol. The van der Waals surface area contributed by atoms with Crippen molar-refractivity contribution in [1.29, 1.82) is 0 Å². The fourth-order valence-corrected chi connectivity index (χ4v) is 4.41. The predicted molar refractivity (Wildman–Crippen MR) is 109 cm³/mol. The zero-order chi connectivity index (χ0) is 19.6. The summed E-state index contributed by atoms with van der Waals surface area (Å²) in [5, 5.41) is 0. The minimum atomic E-state index is -3.64. The molecule has 0 fully saturated rings. The van der Waals surface area contributed by atoms with E-state index >= 15 is 0 Å². The van der Waals surface area contributed by atoms with Crippen molar-refractivity contribution >= 4 is 27.3 Å². The average Bonchev–Trinajstić information content (AvgIpc) is 2.60. The third kappa shape index (κ3) is 4.50. The molecule has 5 nitrogen and oxygen atoms in total. The van der Waals surface area contributed by atoms with Gasteiger partial charge in [-0.15, -0.1) is 0 Å². The van der Waals surface area contributed by atoms with E-state index in [2.05, 4.69) is 18.6 Å². The Morgan fingerprint density at radius 1 is 1.11 bits per heavy atom. The van der Waals surface area contributed by atoms with Crippen molar-refractivity contribution in [3.8, 4) is 0 Å². The van der Waals surface area contributed by atoms with Crippen LogP contribution in [0, 0.1) is 12.8 Å². The summed E-state index contributed by atoms with van der Waals surface area (Å²) in [5.41, 5.74) is 3.31. The van der Waals surface area contributed by atoms with E-state index < -0.39 is 10.0 Å². The maximum atomic E-state index is 12.6. The van der Waals surface area contributed by atoms with E-state index in [0.717, 1.165) is 23.2 Å². The number of hydrogen-bond donors (Lipinski definition) is 1. The summed E-state index contributed by atoms with van der Waals surface area (Å²) in [4.78, 5) is 14.4. The van der Waals surface area contributed by atoms with Gasteiger partial charge >= 0.3 is 0 Å². The smallest absolute Gasteiger partial charge is 0.261 e. The number of benzene rings is 2. The van der Waals surface area contributed by atoms with Gasteiger partial charge in [0.15, 0.2) is 0 Å². The number of carbonyl (C=O) groups is 1. The molecular formula is C21H26N2O3S. The Hall–Kier alpha value is -2.34. The number of fused-ring (bicyclic) bond motifs is 1. The maximum Gasteiger partial charge on any atom is 0.261 e. The monoisotopic (exact) mass is 386 g/mol. The van der Waals surface area contributed by atoms with Crippen LogP contribution < -0.4 is 9.62 Å². The van der Waals surface area contributed by atoms with Gasteiger partial charge in [-0.3, -0.25) is 9.52 Å². The van der Waals surface area contributed by atoms with Crippen LogP contribution in [0.4, 0.5) is 11.4 Å². The van der Waals surface area contributed by atoms with Gasteiger partial charge in [-0.25, -0.2) is 8.42 Å². The highest BCUT2D eigenvalue weighted by Crippen LogP contribution is 2.31. The second-order valence-corrected chi connectivity index (χ2v) is 9.18. The van der Waals surface area contributed by atoms with Crippen LogP contribution in [0.1, 0.15) is 37.8 Å². The molecule has 2 aromatic carbocycles. The summed E-state index contributed by atoms with van der Waals surface area (Å²) in [6, 6.07) is 12.2. The minimum absolute atomic E-state index is 0.135. The van der Waals surface area contributed by atoms with E-state index in [1.54, 1.807) is 24.3 Å². The molecule has 1 N–H and O–H groups in total. The Bertz CT molecular complexity index is 952. The standard InChI is InChI=1S/C21H26N2O3S/c1-15(2)11-12-23-20-9-8-18(14-17(20)7-10-21(23)24)22-27(25,26)19-6-4-5-16(3)13-19/h4-6,8-9,13-15,22H,7,10-12H2,1-3H3. The van der Waals surface area contributed by atoms with Gasteiger partial charge in [0.05, 0.1) is 4.90 Å². The molecule has 0 atom stereocenters. The largest absolute Gasteiger partial charge is 0.312 e. The molecule has 0 radical (unpaired) electrons. The first-order valence-electron chi connectivity index (χ1n) is 9.29. The van der Waals surface area contributed by atoms with Crippen molar-refractivity contribution < 1.29 is 13.2 Å². The number of hydrogen-bond acceptors (Lipinski definition) is 3. The van der Waals surface area contributed by atoms with Gasteiger partial charge in [0.25, 0.3) is 10.0 Å². The van der Waals surface area contributed by atoms with E-state index in [-0.39, 0.29) is 10.8 Å². The van der Waals surface area contributed by atoms with Gasteiger partial charge < -0.3 is 4.90 Å². The zero-order valence-electron chi connectivity index (χ0n) is 16.0. The highest BCUT2D eigenvalue weighted by molar-refractivity contribution is 7.92. The third-order valence-electron chi connectivity index (χ3n) is 4.76. The number of rotatable bonds is 6. The SMILES string of the molecule is Cc1cccc(S(=O)(=O)Nc2ccc3c(c2)CCC(=O)N3CCC(C)C)c1. The zero-order valence-corrected chi connectivity index (χ0v) is 16.8. The lowest BCUT2D eigenvalue weighted by Gasteiger charge is -2.30. The van der Waals surface area contributed by atoms with Crippen LogP contribution in [-0.2, 0) is 21.2 Å². The van der Waals surface area contributed by atoms with Gasteiger partial charge in [-0.05, 0) is 67.1 Å². The van der Waals surface area contributed by atoms with Crippen LogP contribution in [-0.4, -0.2) is 20.9 Å². The third-order valence-corrected chi connectivity index (χ3v) is 6.14. The van der Waals surface area contributed by atoms with Gasteiger partial charge in [0.2, 0.25) is 5.91 Å². The lowest BCUT2D eigenvalue weighted by Crippen LogP contribution is -2.36. The number of sulfonamides is 1. The molecule has 1 aliphatic heterocycles. The van der Waals surface area contributed by atoms with Gasteiger partial charge in [0.1, 0.15) is 0 Å². The van der Waals surface area contributed by atoms with Crippen molar-refractivity contribution in [1.82, 2.24) is 0 Å². The first kappa shape index (κ1) is 19.4. The average molecular weight is 387 g/mol. The molecule has 0 aromatic heterocycles. The van der Waals surface area contributed by atoms with Crippen molar-refractivity contribution in [3.05, 3.63) is 53.6 Å². The molecule has 1 aliphatic rings. The number of aryl methyl sites for hydroxylation is 2. The number of nitrogens with zero attached hydrogens (tertiary/aromatic N) is 1. The highest BCUT2D eigenvalue weighted by atomic mass is 32.2. The molecule has 6 heteroatoms. The Morgan fingerprint density at radius 2 is 1.89 bits per heavy atom. The van der Waals surface area contributed by atoms with E-state index in [4.69, 9.17) is 0 Å². The Kier molecular flexibility index (Phi) is 5.56. The molecule has 27 heavy (non-hydrogen) atoms. The molecule has 0 bridgehead atoms. The molecule has 144 valence electrons. The van der Waals surface area contributed by atoms with Crippen LogP contribution in [0.25, 0.3) is 0 Å². The van der Waals surface area contributed by atoms with Crippen molar-refractivity contribution in [2.45, 2.75) is 44.9 Å². The number of amides is 1. The molecule has 1 amide bonds. The highest BCUT2D eigenvalue weighted by Gasteiger charge is 2.25. The van der Waals surface area contributed by atoms with Gasteiger partial charge in [0, 0.05) is 24.3 Å². The maximum absolute atomic E-state index is 12.6. The van der Waals surface area contributed by atoms with Crippen LogP contribution in [0.2, 0.25) is 0 Å². The van der Waals surface area contributed by atoms with E-state index in [9.17, 15) is 13.2 Å². The van der Waals surface area contributed by atoms with E-state index in [1.807, 2.05) is 30.0 Å². The summed E-state index contributed by atoms with van der Waals surface area (Å²) < 4.78 is 27.9. The normalized spacial score (nSPS) is 14.4. The molecule has 0 aliphatic carbocycles. The fourth-order valence-electron chi connectivity index (χ4n) is 3.25. The van der Waals surface area contributed by atoms with Crippen molar-refractivity contribution in [3.63, 3.8) is 0 Å². The summed E-state index contributed by atoms with van der Waals surface area (Å²) in [7, 11) is -3.64.